The third-order valence-electron chi connectivity index (χ3n) is 3.78. The van der Waals surface area contributed by atoms with Gasteiger partial charge in [0.1, 0.15) is 0 Å². The Morgan fingerprint density at radius 1 is 1.62 bits per heavy atom. The number of hydrogen-bond acceptors (Lipinski definition) is 2. The van der Waals surface area contributed by atoms with Crippen molar-refractivity contribution in [3.63, 3.8) is 0 Å². The highest BCUT2D eigenvalue weighted by molar-refractivity contribution is 9.09. The van der Waals surface area contributed by atoms with Gasteiger partial charge in [-0.05, 0) is 44.3 Å². The Bertz CT molecular complexity index is 259. The quantitative estimate of drug-likeness (QED) is 0.575. The molecule has 0 aromatic carbocycles. The molecule has 0 aromatic heterocycles. The van der Waals surface area contributed by atoms with Gasteiger partial charge >= 0.3 is 0 Å². The van der Waals surface area contributed by atoms with E-state index < -0.39 is 0 Å². The summed E-state index contributed by atoms with van der Waals surface area (Å²) in [5, 5.41) is 1.08. The molecule has 0 aromatic rings. The first-order valence-electron chi connectivity index (χ1n) is 6.20. The zero-order chi connectivity index (χ0) is 11.4. The Kier molecular flexibility index (Phi) is 4.80. The van der Waals surface area contributed by atoms with Gasteiger partial charge in [0.15, 0.2) is 0 Å². The summed E-state index contributed by atoms with van der Waals surface area (Å²) in [4.78, 5) is 0. The van der Waals surface area contributed by atoms with Gasteiger partial charge in [-0.3, -0.25) is 0 Å². The number of allylic oxidation sites excluding steroid dienone is 2. The van der Waals surface area contributed by atoms with E-state index in [0.29, 0.717) is 0 Å². The average Bonchev–Trinajstić information content (AvgIpc) is 2.74. The fraction of sp³-hybridized carbons (Fsp3) is 0.846. The van der Waals surface area contributed by atoms with Gasteiger partial charge in [0.2, 0.25) is 0 Å². The maximum atomic E-state index is 6.05. The van der Waals surface area contributed by atoms with Crippen molar-refractivity contribution in [3.05, 3.63) is 11.6 Å². The van der Waals surface area contributed by atoms with Crippen molar-refractivity contribution in [3.8, 4) is 0 Å². The molecule has 0 amide bonds. The predicted octanol–water partition coefficient (Wildman–Crippen LogP) is 4.02. The maximum Gasteiger partial charge on any atom is 0.0786 e. The van der Waals surface area contributed by atoms with Gasteiger partial charge in [-0.1, -0.05) is 27.6 Å². The number of hydrogen-bond donors (Lipinski definition) is 0. The van der Waals surface area contributed by atoms with Gasteiger partial charge in [-0.2, -0.15) is 11.8 Å². The van der Waals surface area contributed by atoms with E-state index in [0.717, 1.165) is 24.3 Å². The summed E-state index contributed by atoms with van der Waals surface area (Å²) in [6.07, 6.45) is 7.30. The summed E-state index contributed by atoms with van der Waals surface area (Å²) in [7, 11) is 0. The van der Waals surface area contributed by atoms with Crippen LogP contribution in [-0.2, 0) is 4.74 Å². The van der Waals surface area contributed by atoms with Gasteiger partial charge in [0, 0.05) is 17.7 Å². The van der Waals surface area contributed by atoms with Gasteiger partial charge < -0.3 is 4.74 Å². The monoisotopic (exact) mass is 304 g/mol. The summed E-state index contributed by atoms with van der Waals surface area (Å²) in [6, 6.07) is 0. The lowest BCUT2D eigenvalue weighted by Crippen LogP contribution is -2.40. The Balaban J connectivity index is 1.95. The number of halogens is 1. The lowest BCUT2D eigenvalue weighted by atomic mass is 9.81. The van der Waals surface area contributed by atoms with Crippen LogP contribution in [-0.4, -0.2) is 29.0 Å². The highest BCUT2D eigenvalue weighted by atomic mass is 79.9. The predicted molar refractivity (Wildman–Crippen MR) is 75.5 cm³/mol. The number of rotatable bonds is 3. The molecule has 2 fully saturated rings. The smallest absolute Gasteiger partial charge is 0.0786 e. The van der Waals surface area contributed by atoms with Crippen molar-refractivity contribution < 1.29 is 4.74 Å². The topological polar surface area (TPSA) is 9.23 Å². The van der Waals surface area contributed by atoms with Crippen molar-refractivity contribution in [1.82, 2.24) is 0 Å². The van der Waals surface area contributed by atoms with E-state index in [-0.39, 0.29) is 5.60 Å². The molecule has 16 heavy (non-hydrogen) atoms. The molecule has 0 bridgehead atoms. The van der Waals surface area contributed by atoms with Crippen LogP contribution in [0.25, 0.3) is 0 Å². The molecule has 1 nitrogen and oxygen atoms in total. The SMILES string of the molecule is CC(=CCCBr)C1CCOC2(CCSC2)C1. The summed E-state index contributed by atoms with van der Waals surface area (Å²) in [6.45, 7) is 3.26. The molecule has 2 aliphatic rings. The van der Waals surface area contributed by atoms with Crippen LogP contribution in [0.4, 0.5) is 0 Å². The summed E-state index contributed by atoms with van der Waals surface area (Å²) >= 11 is 5.55. The van der Waals surface area contributed by atoms with E-state index in [9.17, 15) is 0 Å². The highest BCUT2D eigenvalue weighted by Gasteiger charge is 2.40. The molecular formula is C13H21BrOS. The summed E-state index contributed by atoms with van der Waals surface area (Å²) in [5.74, 6) is 3.28. The highest BCUT2D eigenvalue weighted by Crippen LogP contribution is 2.42. The van der Waals surface area contributed by atoms with E-state index in [1.54, 1.807) is 5.57 Å². The maximum absolute atomic E-state index is 6.05. The first kappa shape index (κ1) is 13.0. The summed E-state index contributed by atoms with van der Waals surface area (Å²) in [5.41, 5.74) is 1.82. The Hall–Kier alpha value is 0.530. The van der Waals surface area contributed by atoms with E-state index in [1.807, 2.05) is 0 Å². The van der Waals surface area contributed by atoms with Crippen molar-refractivity contribution in [2.45, 2.75) is 38.2 Å². The third-order valence-corrected chi connectivity index (χ3v) is 5.46. The lowest BCUT2D eigenvalue weighted by molar-refractivity contribution is -0.0734. The molecule has 0 saturated carbocycles. The van der Waals surface area contributed by atoms with Gasteiger partial charge in [0.05, 0.1) is 5.60 Å². The minimum absolute atomic E-state index is 0.233. The van der Waals surface area contributed by atoms with Crippen LogP contribution >= 0.6 is 27.7 Å². The van der Waals surface area contributed by atoms with E-state index in [4.69, 9.17) is 4.74 Å². The first-order valence-corrected chi connectivity index (χ1v) is 8.48. The minimum Gasteiger partial charge on any atom is -0.374 e. The van der Waals surface area contributed by atoms with Crippen LogP contribution in [0.2, 0.25) is 0 Å². The van der Waals surface area contributed by atoms with Gasteiger partial charge in [-0.15, -0.1) is 0 Å². The first-order chi connectivity index (χ1) is 7.76. The molecule has 3 heteroatoms. The zero-order valence-electron chi connectivity index (χ0n) is 10.0. The molecule has 2 aliphatic heterocycles. The van der Waals surface area contributed by atoms with Crippen molar-refractivity contribution in [2.24, 2.45) is 5.92 Å². The van der Waals surface area contributed by atoms with Crippen LogP contribution in [0.3, 0.4) is 0 Å². The van der Waals surface area contributed by atoms with Crippen LogP contribution in [0.15, 0.2) is 11.6 Å². The van der Waals surface area contributed by atoms with Crippen molar-refractivity contribution in [1.29, 1.82) is 0 Å². The average molecular weight is 305 g/mol. The molecule has 2 heterocycles. The second-order valence-electron chi connectivity index (χ2n) is 4.95. The van der Waals surface area contributed by atoms with E-state index in [2.05, 4.69) is 40.7 Å². The standard InChI is InChI=1S/C13H21BrOS/c1-11(3-2-6-14)12-4-7-15-13(9-12)5-8-16-10-13/h3,12H,2,4-10H2,1H3. The molecule has 1 spiro atoms. The van der Waals surface area contributed by atoms with Crippen LogP contribution < -0.4 is 0 Å². The molecule has 0 N–H and O–H groups in total. The fourth-order valence-corrected chi connectivity index (χ4v) is 4.34. The van der Waals surface area contributed by atoms with Crippen LogP contribution in [0.5, 0.6) is 0 Å². The van der Waals surface area contributed by atoms with Crippen molar-refractivity contribution in [2.75, 3.05) is 23.4 Å². The second-order valence-corrected chi connectivity index (χ2v) is 6.85. The van der Waals surface area contributed by atoms with E-state index in [1.165, 1.54) is 30.8 Å². The van der Waals surface area contributed by atoms with Crippen LogP contribution in [0.1, 0.15) is 32.6 Å². The molecule has 2 rings (SSSR count). The third kappa shape index (κ3) is 3.05. The number of thioether (sulfide) groups is 1. The van der Waals surface area contributed by atoms with Crippen LogP contribution in [0, 0.1) is 5.92 Å². The lowest BCUT2D eigenvalue weighted by Gasteiger charge is -2.38. The van der Waals surface area contributed by atoms with Gasteiger partial charge in [0.25, 0.3) is 0 Å². The normalized spacial score (nSPS) is 35.9. The Morgan fingerprint density at radius 3 is 3.19 bits per heavy atom. The largest absolute Gasteiger partial charge is 0.374 e. The van der Waals surface area contributed by atoms with E-state index >= 15 is 0 Å². The molecule has 92 valence electrons. The molecule has 0 aliphatic carbocycles. The minimum atomic E-state index is 0.233. The molecule has 2 saturated heterocycles. The molecular weight excluding hydrogens is 284 g/mol. The zero-order valence-corrected chi connectivity index (χ0v) is 12.4. The van der Waals surface area contributed by atoms with Gasteiger partial charge in [-0.25, -0.2) is 0 Å². The Labute approximate surface area is 112 Å². The molecule has 2 atom stereocenters. The number of ether oxygens (including phenoxy) is 1. The fourth-order valence-electron chi connectivity index (χ4n) is 2.73. The Morgan fingerprint density at radius 2 is 2.50 bits per heavy atom. The second kappa shape index (κ2) is 5.92. The van der Waals surface area contributed by atoms with Crippen molar-refractivity contribution >= 4 is 27.7 Å². The molecule has 2 unspecified atom stereocenters. The number of alkyl halides is 1. The molecule has 0 radical (unpaired) electrons. The summed E-state index contributed by atoms with van der Waals surface area (Å²) < 4.78 is 6.05.